The summed E-state index contributed by atoms with van der Waals surface area (Å²) in [7, 11) is 0. The summed E-state index contributed by atoms with van der Waals surface area (Å²) in [6.07, 6.45) is 5.03. The Morgan fingerprint density at radius 2 is 1.48 bits per heavy atom. The van der Waals surface area contributed by atoms with Gasteiger partial charge in [-0.05, 0) is 18.4 Å². The molecule has 0 spiro atoms. The summed E-state index contributed by atoms with van der Waals surface area (Å²) in [5, 5.41) is 0. The quantitative estimate of drug-likeness (QED) is 0.716. The molecule has 0 N–H and O–H groups in total. The monoisotopic (exact) mass is 371 g/mol. The van der Waals surface area contributed by atoms with Crippen molar-refractivity contribution in [3.05, 3.63) is 48.0 Å². The number of esters is 2. The van der Waals surface area contributed by atoms with Crippen molar-refractivity contribution in [3.8, 4) is 0 Å². The molecule has 144 valence electrons. The lowest BCUT2D eigenvalue weighted by Gasteiger charge is -2.43. The van der Waals surface area contributed by atoms with E-state index in [4.69, 9.17) is 9.47 Å². The molecule has 1 heterocycles. The van der Waals surface area contributed by atoms with Gasteiger partial charge < -0.3 is 9.47 Å². The number of Topliss-reactive ketones (excluding diaryl/α,β-unsaturated/α-hetero) is 1. The van der Waals surface area contributed by atoms with Gasteiger partial charge in [0, 0.05) is 25.2 Å². The van der Waals surface area contributed by atoms with Gasteiger partial charge in [-0.2, -0.15) is 0 Å². The van der Waals surface area contributed by atoms with Gasteiger partial charge in [0.1, 0.15) is 0 Å². The average Bonchev–Trinajstić information content (AvgIpc) is 3.12. The van der Waals surface area contributed by atoms with Crippen LogP contribution in [0.5, 0.6) is 0 Å². The molecule has 0 unspecified atom stereocenters. The molecular weight excluding hydrogens is 346 g/mol. The van der Waals surface area contributed by atoms with E-state index in [1.807, 2.05) is 44.2 Å². The van der Waals surface area contributed by atoms with Crippen molar-refractivity contribution >= 4 is 17.7 Å². The average molecular weight is 371 g/mol. The van der Waals surface area contributed by atoms with Crippen molar-refractivity contribution in [1.29, 1.82) is 0 Å². The maximum Gasteiger partial charge on any atom is 0.384 e. The molecule has 6 heteroatoms. The van der Waals surface area contributed by atoms with Crippen molar-refractivity contribution in [2.75, 3.05) is 13.1 Å². The predicted octanol–water partition coefficient (Wildman–Crippen LogP) is 2.72. The lowest BCUT2D eigenvalue weighted by atomic mass is 9.73. The van der Waals surface area contributed by atoms with E-state index in [2.05, 4.69) is 0 Å². The molecule has 0 amide bonds. The van der Waals surface area contributed by atoms with Gasteiger partial charge in [-0.25, -0.2) is 14.5 Å². The van der Waals surface area contributed by atoms with Crippen LogP contribution in [0, 0.1) is 0 Å². The molecule has 2 aliphatic rings. The number of ketones is 1. The van der Waals surface area contributed by atoms with Gasteiger partial charge in [0.15, 0.2) is 0 Å². The molecule has 0 saturated heterocycles. The summed E-state index contributed by atoms with van der Waals surface area (Å²) < 4.78 is 11.1. The van der Waals surface area contributed by atoms with Gasteiger partial charge in [-0.15, -0.1) is 0 Å². The fourth-order valence-corrected chi connectivity index (χ4v) is 4.19. The van der Waals surface area contributed by atoms with Crippen LogP contribution >= 0.6 is 0 Å². The van der Waals surface area contributed by atoms with E-state index >= 15 is 0 Å². The summed E-state index contributed by atoms with van der Waals surface area (Å²) in [6, 6.07) is 9.50. The standard InChI is InChI=1S/C21H25NO5/c1-3-22(4-2)21(26-17(23)12-13-18(24)27-21)19(25)20(14-8-9-15-20)16-10-6-5-7-11-16/h5-7,10-13H,3-4,8-9,14-15H2,1-2H3. The Hall–Kier alpha value is -2.47. The van der Waals surface area contributed by atoms with Crippen molar-refractivity contribution in [1.82, 2.24) is 4.90 Å². The first-order valence-electron chi connectivity index (χ1n) is 9.48. The molecular formula is C21H25NO5. The van der Waals surface area contributed by atoms with Crippen molar-refractivity contribution in [2.45, 2.75) is 50.9 Å². The highest BCUT2D eigenvalue weighted by molar-refractivity contribution is 6.02. The SMILES string of the molecule is CCN(CC)C1(C(=O)C2(c3ccccc3)CCCC2)OC(=O)C=CC(=O)O1. The van der Waals surface area contributed by atoms with E-state index in [1.165, 1.54) is 0 Å². The number of nitrogens with zero attached hydrogens (tertiary/aromatic N) is 1. The summed E-state index contributed by atoms with van der Waals surface area (Å²) in [4.78, 5) is 40.1. The largest absolute Gasteiger partial charge is 0.398 e. The predicted molar refractivity (Wildman–Crippen MR) is 98.6 cm³/mol. The fourth-order valence-electron chi connectivity index (χ4n) is 4.19. The van der Waals surface area contributed by atoms with E-state index in [9.17, 15) is 14.4 Å². The highest BCUT2D eigenvalue weighted by Gasteiger charge is 2.60. The second-order valence-electron chi connectivity index (χ2n) is 6.91. The molecule has 6 nitrogen and oxygen atoms in total. The third-order valence-corrected chi connectivity index (χ3v) is 5.52. The van der Waals surface area contributed by atoms with E-state index in [1.54, 1.807) is 4.90 Å². The molecule has 0 radical (unpaired) electrons. The van der Waals surface area contributed by atoms with Crippen LogP contribution in [-0.4, -0.2) is 41.6 Å². The van der Waals surface area contributed by atoms with Crippen LogP contribution in [-0.2, 0) is 29.3 Å². The zero-order valence-corrected chi connectivity index (χ0v) is 15.8. The van der Waals surface area contributed by atoms with Gasteiger partial charge in [0.2, 0.25) is 5.78 Å². The van der Waals surface area contributed by atoms with Gasteiger partial charge in [-0.1, -0.05) is 57.0 Å². The first-order chi connectivity index (χ1) is 13.0. The second kappa shape index (κ2) is 7.64. The molecule has 0 bridgehead atoms. The molecule has 1 aromatic rings. The Labute approximate surface area is 159 Å². The van der Waals surface area contributed by atoms with Crippen molar-refractivity contribution < 1.29 is 23.9 Å². The molecule has 1 saturated carbocycles. The van der Waals surface area contributed by atoms with E-state index in [-0.39, 0.29) is 5.78 Å². The maximum absolute atomic E-state index is 14.0. The lowest BCUT2D eigenvalue weighted by Crippen LogP contribution is -2.64. The highest BCUT2D eigenvalue weighted by atomic mass is 16.8. The number of hydrogen-bond donors (Lipinski definition) is 0. The Morgan fingerprint density at radius 3 is 1.96 bits per heavy atom. The van der Waals surface area contributed by atoms with Crippen molar-refractivity contribution in [2.24, 2.45) is 0 Å². The first kappa shape index (κ1) is 19.3. The number of rotatable bonds is 6. The Kier molecular flexibility index (Phi) is 5.46. The summed E-state index contributed by atoms with van der Waals surface area (Å²) in [5.41, 5.74) is 0.0118. The van der Waals surface area contributed by atoms with Crippen LogP contribution < -0.4 is 0 Å². The number of hydrogen-bond acceptors (Lipinski definition) is 6. The number of likely N-dealkylation sites (N-methyl/N-ethyl adjacent to an activating group) is 1. The topological polar surface area (TPSA) is 72.9 Å². The van der Waals surface area contributed by atoms with E-state index < -0.39 is 23.3 Å². The molecule has 1 aromatic carbocycles. The third-order valence-electron chi connectivity index (χ3n) is 5.52. The molecule has 1 fully saturated rings. The second-order valence-corrected chi connectivity index (χ2v) is 6.91. The minimum absolute atomic E-state index is 0.382. The van der Waals surface area contributed by atoms with Gasteiger partial charge in [0.25, 0.3) is 0 Å². The molecule has 1 aliphatic carbocycles. The molecule has 1 aliphatic heterocycles. The Balaban J connectivity index is 2.15. The lowest BCUT2D eigenvalue weighted by molar-refractivity contribution is -0.269. The van der Waals surface area contributed by atoms with Crippen molar-refractivity contribution in [3.63, 3.8) is 0 Å². The zero-order chi connectivity index (χ0) is 19.5. The smallest absolute Gasteiger partial charge is 0.384 e. The Bertz CT molecular complexity index is 725. The number of carbonyl (C=O) groups is 3. The van der Waals surface area contributed by atoms with E-state index in [0.29, 0.717) is 25.9 Å². The molecule has 0 atom stereocenters. The normalized spacial score (nSPS) is 20.9. The highest BCUT2D eigenvalue weighted by Crippen LogP contribution is 2.46. The van der Waals surface area contributed by atoms with Crippen LogP contribution in [0.25, 0.3) is 0 Å². The maximum atomic E-state index is 14.0. The molecule has 3 rings (SSSR count). The number of cyclic esters (lactones) is 2. The van der Waals surface area contributed by atoms with Gasteiger partial charge >= 0.3 is 17.8 Å². The van der Waals surface area contributed by atoms with Crippen LogP contribution in [0.3, 0.4) is 0 Å². The van der Waals surface area contributed by atoms with Crippen LogP contribution in [0.15, 0.2) is 42.5 Å². The van der Waals surface area contributed by atoms with Crippen LogP contribution in [0.1, 0.15) is 45.1 Å². The number of carbonyl (C=O) groups excluding carboxylic acids is 3. The van der Waals surface area contributed by atoms with Crippen LogP contribution in [0.2, 0.25) is 0 Å². The van der Waals surface area contributed by atoms with Gasteiger partial charge in [-0.3, -0.25) is 4.79 Å². The minimum atomic E-state index is -2.05. The fraction of sp³-hybridized carbons (Fsp3) is 0.476. The molecule has 27 heavy (non-hydrogen) atoms. The number of ether oxygens (including phenoxy) is 2. The van der Waals surface area contributed by atoms with Gasteiger partial charge in [0.05, 0.1) is 5.41 Å². The summed E-state index contributed by atoms with van der Waals surface area (Å²) in [6.45, 7) is 4.44. The van der Waals surface area contributed by atoms with E-state index in [0.717, 1.165) is 30.6 Å². The Morgan fingerprint density at radius 1 is 0.963 bits per heavy atom. The molecule has 0 aromatic heterocycles. The number of benzene rings is 1. The first-order valence-corrected chi connectivity index (χ1v) is 9.48. The summed E-state index contributed by atoms with van der Waals surface area (Å²) in [5.74, 6) is -3.96. The minimum Gasteiger partial charge on any atom is -0.398 e. The van der Waals surface area contributed by atoms with Crippen LogP contribution in [0.4, 0.5) is 0 Å². The zero-order valence-electron chi connectivity index (χ0n) is 15.8. The summed E-state index contributed by atoms with van der Waals surface area (Å²) >= 11 is 0. The third kappa shape index (κ3) is 3.30.